The lowest BCUT2D eigenvalue weighted by molar-refractivity contribution is -0.299. The van der Waals surface area contributed by atoms with Crippen LogP contribution in [-0.4, -0.2) is 24.6 Å². The Hall–Kier alpha value is -1.14. The van der Waals surface area contributed by atoms with Crippen molar-refractivity contribution in [1.29, 1.82) is 0 Å². The Labute approximate surface area is 171 Å². The zero-order chi connectivity index (χ0) is 21.2. The second kappa shape index (κ2) is 17.9. The molecule has 0 heterocycles. The van der Waals surface area contributed by atoms with Gasteiger partial charge in [0.15, 0.2) is 0 Å². The summed E-state index contributed by atoms with van der Waals surface area (Å²) in [6.07, 6.45) is 9.55. The Morgan fingerprint density at radius 1 is 0.714 bits per heavy atom. The Morgan fingerprint density at radius 3 is 1.75 bits per heavy atom. The minimum Gasteiger partial charge on any atom is -0.298 e. The molecule has 0 spiro atoms. The number of hydrogen-bond acceptors (Lipinski definition) is 6. The summed E-state index contributed by atoms with van der Waals surface area (Å²) in [7, 11) is 0. The van der Waals surface area contributed by atoms with Crippen molar-refractivity contribution in [2.75, 3.05) is 6.61 Å². The maximum Gasteiger partial charge on any atom is 0.345 e. The number of hydrogen-bond donors (Lipinski definition) is 0. The predicted octanol–water partition coefficient (Wildman–Crippen LogP) is 5.93. The third-order valence-electron chi connectivity index (χ3n) is 4.99. The van der Waals surface area contributed by atoms with E-state index < -0.39 is 0 Å². The van der Waals surface area contributed by atoms with Crippen LogP contribution in [0.2, 0.25) is 0 Å². The molecule has 0 aromatic heterocycles. The molecule has 6 heteroatoms. The third-order valence-corrected chi connectivity index (χ3v) is 4.99. The van der Waals surface area contributed by atoms with Crippen molar-refractivity contribution >= 4 is 11.9 Å². The molecule has 0 aromatic rings. The Bertz CT molecular complexity index is 398. The van der Waals surface area contributed by atoms with E-state index in [-0.39, 0.29) is 29.9 Å². The van der Waals surface area contributed by atoms with Gasteiger partial charge in [0.05, 0.1) is 18.4 Å². The van der Waals surface area contributed by atoms with Crippen molar-refractivity contribution < 1.29 is 29.1 Å². The average Bonchev–Trinajstić information content (AvgIpc) is 2.70. The van der Waals surface area contributed by atoms with Crippen molar-refractivity contribution in [2.24, 2.45) is 11.8 Å². The van der Waals surface area contributed by atoms with Gasteiger partial charge in [-0.05, 0) is 51.9 Å². The zero-order valence-electron chi connectivity index (χ0n) is 18.7. The molecule has 0 radical (unpaired) electrons. The minimum absolute atomic E-state index is 0.0765. The maximum absolute atomic E-state index is 12.0. The molecule has 0 aliphatic rings. The van der Waals surface area contributed by atoms with Crippen LogP contribution in [0.15, 0.2) is 0 Å². The largest absolute Gasteiger partial charge is 0.345 e. The van der Waals surface area contributed by atoms with Gasteiger partial charge < -0.3 is 0 Å². The van der Waals surface area contributed by atoms with Crippen LogP contribution < -0.4 is 0 Å². The normalized spacial score (nSPS) is 14.3. The second-order valence-corrected chi connectivity index (χ2v) is 7.52. The van der Waals surface area contributed by atoms with Crippen molar-refractivity contribution in [3.8, 4) is 0 Å². The van der Waals surface area contributed by atoms with Crippen LogP contribution in [0.1, 0.15) is 105 Å². The Morgan fingerprint density at radius 2 is 1.25 bits per heavy atom. The van der Waals surface area contributed by atoms with E-state index >= 15 is 0 Å². The summed E-state index contributed by atoms with van der Waals surface area (Å²) in [4.78, 5) is 44.1. The van der Waals surface area contributed by atoms with Crippen LogP contribution in [-0.2, 0) is 29.1 Å². The molecule has 6 nitrogen and oxygen atoms in total. The fourth-order valence-corrected chi connectivity index (χ4v) is 2.88. The molecular formula is C22H42O6. The van der Waals surface area contributed by atoms with E-state index in [9.17, 15) is 9.59 Å². The van der Waals surface area contributed by atoms with Crippen molar-refractivity contribution in [3.05, 3.63) is 0 Å². The lowest BCUT2D eigenvalue weighted by Crippen LogP contribution is -2.20. The molecule has 0 saturated heterocycles. The maximum atomic E-state index is 12.0. The van der Waals surface area contributed by atoms with E-state index in [0.717, 1.165) is 70.6 Å². The van der Waals surface area contributed by atoms with Gasteiger partial charge in [0.1, 0.15) is 6.10 Å². The number of rotatable bonds is 18. The highest BCUT2D eigenvalue weighted by molar-refractivity contribution is 5.72. The first-order chi connectivity index (χ1) is 13.5. The molecule has 0 amide bonds. The van der Waals surface area contributed by atoms with E-state index in [1.54, 1.807) is 0 Å². The molecule has 3 atom stereocenters. The van der Waals surface area contributed by atoms with Gasteiger partial charge in [-0.15, -0.1) is 0 Å². The Balaban J connectivity index is 3.80. The molecule has 166 valence electrons. The van der Waals surface area contributed by atoms with Gasteiger partial charge in [-0.25, -0.2) is 9.59 Å². The lowest BCUT2D eigenvalue weighted by atomic mass is 10.00. The lowest BCUT2D eigenvalue weighted by Gasteiger charge is -2.15. The molecule has 0 rings (SSSR count). The minimum atomic E-state index is -0.272. The van der Waals surface area contributed by atoms with Gasteiger partial charge >= 0.3 is 11.9 Å². The predicted molar refractivity (Wildman–Crippen MR) is 109 cm³/mol. The van der Waals surface area contributed by atoms with Crippen molar-refractivity contribution in [2.45, 2.75) is 111 Å². The first-order valence-corrected chi connectivity index (χ1v) is 11.2. The first-order valence-electron chi connectivity index (χ1n) is 11.2. The second-order valence-electron chi connectivity index (χ2n) is 7.52. The summed E-state index contributed by atoms with van der Waals surface area (Å²) in [5.74, 6) is -0.702. The summed E-state index contributed by atoms with van der Waals surface area (Å²) in [6.45, 7) is 10.4. The molecule has 0 fully saturated rings. The summed E-state index contributed by atoms with van der Waals surface area (Å²) in [6, 6.07) is 0. The van der Waals surface area contributed by atoms with Crippen LogP contribution in [0.3, 0.4) is 0 Å². The van der Waals surface area contributed by atoms with Crippen LogP contribution in [0.4, 0.5) is 0 Å². The van der Waals surface area contributed by atoms with Gasteiger partial charge in [-0.3, -0.25) is 9.78 Å². The van der Waals surface area contributed by atoms with E-state index in [2.05, 4.69) is 13.8 Å². The highest BCUT2D eigenvalue weighted by Crippen LogP contribution is 2.16. The molecule has 0 aliphatic heterocycles. The highest BCUT2D eigenvalue weighted by atomic mass is 17.2. The fourth-order valence-electron chi connectivity index (χ4n) is 2.88. The van der Waals surface area contributed by atoms with Gasteiger partial charge in [-0.2, -0.15) is 9.78 Å². The van der Waals surface area contributed by atoms with Crippen molar-refractivity contribution in [1.82, 2.24) is 0 Å². The molecule has 28 heavy (non-hydrogen) atoms. The third kappa shape index (κ3) is 13.1. The van der Waals surface area contributed by atoms with E-state index in [1.807, 2.05) is 20.8 Å². The fraction of sp³-hybridized carbons (Fsp3) is 0.909. The molecular weight excluding hydrogens is 360 g/mol. The average molecular weight is 403 g/mol. The summed E-state index contributed by atoms with van der Waals surface area (Å²) < 4.78 is 0. The van der Waals surface area contributed by atoms with Crippen molar-refractivity contribution in [3.63, 3.8) is 0 Å². The van der Waals surface area contributed by atoms with Gasteiger partial charge in [0, 0.05) is 0 Å². The SMILES string of the molecule is CCCCC(CC)C(=O)OOCCCCC(C)OOC(=O)C(CC)CCCC. The summed E-state index contributed by atoms with van der Waals surface area (Å²) in [5, 5.41) is 0. The monoisotopic (exact) mass is 402 g/mol. The smallest absolute Gasteiger partial charge is 0.298 e. The molecule has 0 saturated carbocycles. The van der Waals surface area contributed by atoms with E-state index in [1.165, 1.54) is 0 Å². The first kappa shape index (κ1) is 26.9. The molecule has 0 N–H and O–H groups in total. The number of carbonyl (C=O) groups is 2. The summed E-state index contributed by atoms with van der Waals surface area (Å²) in [5.41, 5.74) is 0. The van der Waals surface area contributed by atoms with Crippen LogP contribution in [0, 0.1) is 11.8 Å². The standard InChI is InChI=1S/C22H42O6/c1-6-10-15-19(8-3)21(23)27-25-17-13-12-14-18(5)26-28-22(24)20(9-4)16-11-7-2/h18-20H,6-17H2,1-5H3. The number of unbranched alkanes of at least 4 members (excludes halogenated alkanes) is 3. The van der Waals surface area contributed by atoms with Crippen LogP contribution in [0.25, 0.3) is 0 Å². The molecule has 0 bridgehead atoms. The van der Waals surface area contributed by atoms with Gasteiger partial charge in [0.2, 0.25) is 0 Å². The van der Waals surface area contributed by atoms with Gasteiger partial charge in [0.25, 0.3) is 0 Å². The number of carbonyl (C=O) groups excluding carboxylic acids is 2. The van der Waals surface area contributed by atoms with Crippen LogP contribution >= 0.6 is 0 Å². The van der Waals surface area contributed by atoms with E-state index in [4.69, 9.17) is 19.6 Å². The quantitative estimate of drug-likeness (QED) is 0.161. The molecule has 0 aliphatic carbocycles. The molecule has 3 unspecified atom stereocenters. The zero-order valence-corrected chi connectivity index (χ0v) is 18.7. The Kier molecular flexibility index (Phi) is 17.2. The van der Waals surface area contributed by atoms with Crippen LogP contribution in [0.5, 0.6) is 0 Å². The van der Waals surface area contributed by atoms with Gasteiger partial charge in [-0.1, -0.05) is 53.4 Å². The summed E-state index contributed by atoms with van der Waals surface area (Å²) >= 11 is 0. The molecule has 0 aromatic carbocycles. The van der Waals surface area contributed by atoms with E-state index in [0.29, 0.717) is 6.61 Å². The highest BCUT2D eigenvalue weighted by Gasteiger charge is 2.20. The topological polar surface area (TPSA) is 71.1 Å².